The molecule has 1 aliphatic rings. The Kier molecular flexibility index (Phi) is 6.79. The third-order valence-corrected chi connectivity index (χ3v) is 12.9. The van der Waals surface area contributed by atoms with Crippen LogP contribution in [0.4, 0.5) is 0 Å². The van der Waals surface area contributed by atoms with Gasteiger partial charge in [0.15, 0.2) is 0 Å². The molecule has 0 aliphatic heterocycles. The Hall–Kier alpha value is -7.16. The summed E-state index contributed by atoms with van der Waals surface area (Å²) in [6.45, 7) is 10.8. The molecule has 0 unspecified atom stereocenters. The molecular formula is C56H38O2. The Morgan fingerprint density at radius 3 is 1.84 bits per heavy atom. The molecule has 0 spiro atoms. The molecule has 0 saturated heterocycles. The molecule has 12 rings (SSSR count). The minimum absolute atomic E-state index is 0.0979. The molecule has 0 fully saturated rings. The summed E-state index contributed by atoms with van der Waals surface area (Å²) in [5, 5.41) is 13.0. The van der Waals surface area contributed by atoms with Crippen LogP contribution in [-0.4, -0.2) is 0 Å². The summed E-state index contributed by atoms with van der Waals surface area (Å²) in [6, 6.07) is 53.7. The molecule has 2 nitrogen and oxygen atoms in total. The van der Waals surface area contributed by atoms with Crippen LogP contribution in [0.15, 0.2) is 167 Å². The van der Waals surface area contributed by atoms with Crippen LogP contribution in [-0.2, 0) is 5.41 Å². The van der Waals surface area contributed by atoms with Crippen LogP contribution in [0.5, 0.6) is 0 Å². The van der Waals surface area contributed by atoms with Gasteiger partial charge in [-0.15, -0.1) is 0 Å². The molecule has 2 aromatic heterocycles. The third kappa shape index (κ3) is 4.43. The maximum atomic E-state index is 6.55. The predicted octanol–water partition coefficient (Wildman–Crippen LogP) is 16.3. The van der Waals surface area contributed by atoms with Gasteiger partial charge in [0, 0.05) is 32.5 Å². The molecule has 2 heterocycles. The van der Waals surface area contributed by atoms with Crippen LogP contribution in [0.25, 0.3) is 122 Å². The zero-order valence-electron chi connectivity index (χ0n) is 32.6. The van der Waals surface area contributed by atoms with E-state index in [9.17, 15) is 0 Å². The highest BCUT2D eigenvalue weighted by Gasteiger charge is 2.37. The summed E-state index contributed by atoms with van der Waals surface area (Å²) in [5.41, 5.74) is 13.9. The van der Waals surface area contributed by atoms with E-state index in [1.807, 2.05) is 13.0 Å². The van der Waals surface area contributed by atoms with Crippen molar-refractivity contribution in [2.45, 2.75) is 26.2 Å². The lowest BCUT2D eigenvalue weighted by atomic mass is 9.80. The number of fused-ring (bicyclic) bond motifs is 16. The van der Waals surface area contributed by atoms with Crippen LogP contribution in [0, 0.1) is 0 Å². The summed E-state index contributed by atoms with van der Waals surface area (Å²) in [4.78, 5) is 0. The molecule has 0 saturated carbocycles. The van der Waals surface area contributed by atoms with E-state index in [-0.39, 0.29) is 5.41 Å². The van der Waals surface area contributed by atoms with Gasteiger partial charge in [-0.1, -0.05) is 136 Å². The maximum absolute atomic E-state index is 6.55. The van der Waals surface area contributed by atoms with Crippen LogP contribution < -0.4 is 0 Å². The van der Waals surface area contributed by atoms with Gasteiger partial charge in [-0.3, -0.25) is 0 Å². The Bertz CT molecular complexity index is 3600. The normalized spacial score (nSPS) is 13.6. The first kappa shape index (κ1) is 33.0. The smallest absolute Gasteiger partial charge is 0.143 e. The third-order valence-electron chi connectivity index (χ3n) is 12.9. The van der Waals surface area contributed by atoms with Crippen molar-refractivity contribution < 1.29 is 8.83 Å². The second-order valence-corrected chi connectivity index (χ2v) is 16.3. The Labute approximate surface area is 335 Å². The van der Waals surface area contributed by atoms with Gasteiger partial charge in [0.1, 0.15) is 22.5 Å². The fourth-order valence-corrected chi connectivity index (χ4v) is 10.2. The van der Waals surface area contributed by atoms with Crippen molar-refractivity contribution in [3.8, 4) is 33.4 Å². The Morgan fingerprint density at radius 1 is 0.483 bits per heavy atom. The van der Waals surface area contributed by atoms with E-state index in [2.05, 4.69) is 178 Å². The molecule has 58 heavy (non-hydrogen) atoms. The van der Waals surface area contributed by atoms with Crippen LogP contribution in [0.3, 0.4) is 0 Å². The number of hydrogen-bond acceptors (Lipinski definition) is 2. The molecular weight excluding hydrogens is 705 g/mol. The van der Waals surface area contributed by atoms with Gasteiger partial charge in [-0.05, 0) is 138 Å². The first-order chi connectivity index (χ1) is 28.4. The quantitative estimate of drug-likeness (QED) is 0.168. The summed E-state index contributed by atoms with van der Waals surface area (Å²) in [6.07, 6.45) is 5.98. The minimum Gasteiger partial charge on any atom is -0.456 e. The Morgan fingerprint density at radius 2 is 1.07 bits per heavy atom. The highest BCUT2D eigenvalue weighted by atomic mass is 16.3. The average Bonchev–Trinajstić information content (AvgIpc) is 3.89. The number of furan rings is 2. The highest BCUT2D eigenvalue weighted by molar-refractivity contribution is 6.31. The highest BCUT2D eigenvalue weighted by Crippen LogP contribution is 2.53. The lowest BCUT2D eigenvalue weighted by molar-refractivity contribution is 0.607. The SMILES string of the molecule is C=Cc1oc2c(ccc3c4ccc(-c5ccc6oc7ccc(-c8cc9c(c%10ccccc8%10)-c8ccccc8C9(C)C)cc7c6c5)cc4c4ccccc4c32)c1/C=C\C. The summed E-state index contributed by atoms with van der Waals surface area (Å²) in [5.74, 6) is 0.796. The molecule has 2 heteroatoms. The van der Waals surface area contributed by atoms with E-state index in [4.69, 9.17) is 8.83 Å². The van der Waals surface area contributed by atoms with Crippen LogP contribution >= 0.6 is 0 Å². The Balaban J connectivity index is 1.03. The second-order valence-electron chi connectivity index (χ2n) is 16.3. The van der Waals surface area contributed by atoms with E-state index >= 15 is 0 Å². The van der Waals surface area contributed by atoms with Crippen molar-refractivity contribution in [2.24, 2.45) is 0 Å². The number of rotatable bonds is 4. The molecule has 0 bridgehead atoms. The van der Waals surface area contributed by atoms with Gasteiger partial charge >= 0.3 is 0 Å². The lowest BCUT2D eigenvalue weighted by Crippen LogP contribution is -2.15. The molecule has 0 atom stereocenters. The van der Waals surface area contributed by atoms with E-state index in [1.54, 1.807) is 0 Å². The van der Waals surface area contributed by atoms with Gasteiger partial charge in [0.05, 0.1) is 0 Å². The topological polar surface area (TPSA) is 26.3 Å². The van der Waals surface area contributed by atoms with E-state index in [1.165, 1.54) is 76.6 Å². The number of hydrogen-bond donors (Lipinski definition) is 0. The zero-order chi connectivity index (χ0) is 38.9. The summed E-state index contributed by atoms with van der Waals surface area (Å²) in [7, 11) is 0. The molecule has 274 valence electrons. The molecule has 11 aromatic rings. The monoisotopic (exact) mass is 742 g/mol. The van der Waals surface area contributed by atoms with Crippen LogP contribution in [0.2, 0.25) is 0 Å². The van der Waals surface area contributed by atoms with Crippen molar-refractivity contribution >= 4 is 88.1 Å². The molecule has 9 aromatic carbocycles. The molecule has 0 radical (unpaired) electrons. The van der Waals surface area contributed by atoms with E-state index in [0.717, 1.165) is 55.2 Å². The molecule has 1 aliphatic carbocycles. The molecule has 0 N–H and O–H groups in total. The van der Waals surface area contributed by atoms with Crippen molar-refractivity contribution in [1.82, 2.24) is 0 Å². The first-order valence-corrected chi connectivity index (χ1v) is 20.1. The van der Waals surface area contributed by atoms with Gasteiger partial charge in [-0.25, -0.2) is 0 Å². The number of allylic oxidation sites excluding steroid dienone is 1. The molecule has 0 amide bonds. The standard InChI is InChI=1S/C56H38O2/c1-5-13-38-42-25-24-41-37-23-20-32(28-45(37)36-15-8-10-17-40(36)54(41)55(42)58-50(38)6-2)33-21-26-51-46(29-33)47-30-34(22-27-52(47)57-51)44-31-49-53(39-16-9-7-14-35(39)44)43-18-11-12-19-48(43)56(49,3)4/h5-31H,2H2,1,3-4H3/b13-5-. The van der Waals surface area contributed by atoms with E-state index < -0.39 is 0 Å². The van der Waals surface area contributed by atoms with Gasteiger partial charge < -0.3 is 8.83 Å². The first-order valence-electron chi connectivity index (χ1n) is 20.1. The minimum atomic E-state index is -0.0979. The fraction of sp³-hybridized carbons (Fsp3) is 0.0714. The van der Waals surface area contributed by atoms with Crippen molar-refractivity contribution in [3.05, 3.63) is 181 Å². The van der Waals surface area contributed by atoms with Crippen molar-refractivity contribution in [1.29, 1.82) is 0 Å². The number of benzene rings is 9. The summed E-state index contributed by atoms with van der Waals surface area (Å²) < 4.78 is 13.1. The van der Waals surface area contributed by atoms with Crippen molar-refractivity contribution in [2.75, 3.05) is 0 Å². The second kappa shape index (κ2) is 11.9. The maximum Gasteiger partial charge on any atom is 0.143 e. The predicted molar refractivity (Wildman–Crippen MR) is 247 cm³/mol. The largest absolute Gasteiger partial charge is 0.456 e. The van der Waals surface area contributed by atoms with Gasteiger partial charge in [-0.2, -0.15) is 0 Å². The average molecular weight is 743 g/mol. The summed E-state index contributed by atoms with van der Waals surface area (Å²) >= 11 is 0. The zero-order valence-corrected chi connectivity index (χ0v) is 32.6. The van der Waals surface area contributed by atoms with E-state index in [0.29, 0.717) is 0 Å². The lowest BCUT2D eigenvalue weighted by Gasteiger charge is -2.23. The van der Waals surface area contributed by atoms with Crippen LogP contribution in [0.1, 0.15) is 43.2 Å². The van der Waals surface area contributed by atoms with Gasteiger partial charge in [0.25, 0.3) is 0 Å². The van der Waals surface area contributed by atoms with Crippen molar-refractivity contribution in [3.63, 3.8) is 0 Å². The fourth-order valence-electron chi connectivity index (χ4n) is 10.2. The van der Waals surface area contributed by atoms with Gasteiger partial charge in [0.2, 0.25) is 0 Å².